The van der Waals surface area contributed by atoms with Gasteiger partial charge < -0.3 is 19.1 Å². The molecule has 2 rings (SSSR count). The number of aromatic nitrogens is 2. The molecular weight excluding hydrogens is 408 g/mol. The predicted octanol–water partition coefficient (Wildman–Crippen LogP) is 5.41. The molecule has 0 bridgehead atoms. The summed E-state index contributed by atoms with van der Waals surface area (Å²) in [5, 5.41) is 10.8. The molecule has 6 nitrogen and oxygen atoms in total. The summed E-state index contributed by atoms with van der Waals surface area (Å²) in [4.78, 5) is 16.4. The number of hydrogen-bond donors (Lipinski definition) is 1. The van der Waals surface area contributed by atoms with E-state index in [0.717, 1.165) is 29.5 Å². The molecule has 1 aromatic carbocycles. The summed E-state index contributed by atoms with van der Waals surface area (Å²) < 4.78 is 13.1. The monoisotopic (exact) mass is 446 g/mol. The van der Waals surface area contributed by atoms with E-state index in [4.69, 9.17) is 9.47 Å². The SMILES string of the molecule is CC(C)(C)OC(=O)CCCC(O)c1ccccc1-c1cn(COCC[Si](C)(C)C)cn1. The van der Waals surface area contributed by atoms with Gasteiger partial charge in [0.25, 0.3) is 0 Å². The second-order valence-electron chi connectivity index (χ2n) is 10.2. The number of carbonyl (C=O) groups is 1. The molecule has 172 valence electrons. The second kappa shape index (κ2) is 11.1. The second-order valence-corrected chi connectivity index (χ2v) is 15.8. The number of carbonyl (C=O) groups excluding carboxylic acids is 1. The standard InChI is InChI=1S/C24H38N2O4Si/c1-24(2,3)30-23(28)13-9-12-22(27)20-11-8-7-10-19(20)21-16-26(17-25-21)18-29-14-15-31(4,5)6/h7-8,10-11,16-17,22,27H,9,12-15,18H2,1-6H3. The van der Waals surface area contributed by atoms with E-state index in [2.05, 4.69) is 24.6 Å². The molecule has 1 atom stereocenters. The molecule has 0 fully saturated rings. The summed E-state index contributed by atoms with van der Waals surface area (Å²) >= 11 is 0. The third kappa shape index (κ3) is 9.37. The number of aliphatic hydroxyl groups excluding tert-OH is 1. The van der Waals surface area contributed by atoms with E-state index in [1.165, 1.54) is 0 Å². The van der Waals surface area contributed by atoms with Crippen LogP contribution in [0.15, 0.2) is 36.8 Å². The van der Waals surface area contributed by atoms with Crippen molar-refractivity contribution in [2.24, 2.45) is 0 Å². The van der Waals surface area contributed by atoms with Gasteiger partial charge in [0.1, 0.15) is 12.3 Å². The van der Waals surface area contributed by atoms with E-state index in [1.807, 2.05) is 55.8 Å². The van der Waals surface area contributed by atoms with Crippen molar-refractivity contribution in [2.75, 3.05) is 6.61 Å². The summed E-state index contributed by atoms with van der Waals surface area (Å²) in [5.74, 6) is -0.235. The Labute approximate surface area is 187 Å². The first-order valence-corrected chi connectivity index (χ1v) is 14.7. The maximum absolute atomic E-state index is 11.9. The molecule has 0 aliphatic carbocycles. The van der Waals surface area contributed by atoms with Gasteiger partial charge >= 0.3 is 5.97 Å². The van der Waals surface area contributed by atoms with Crippen LogP contribution in [0.2, 0.25) is 25.7 Å². The van der Waals surface area contributed by atoms with Gasteiger partial charge in [0.15, 0.2) is 0 Å². The van der Waals surface area contributed by atoms with Crippen molar-refractivity contribution in [3.8, 4) is 11.3 Å². The van der Waals surface area contributed by atoms with Crippen LogP contribution in [-0.4, -0.2) is 40.9 Å². The summed E-state index contributed by atoms with van der Waals surface area (Å²) in [6.07, 6.45) is 4.37. The minimum Gasteiger partial charge on any atom is -0.460 e. The van der Waals surface area contributed by atoms with Gasteiger partial charge in [-0.3, -0.25) is 4.79 Å². The lowest BCUT2D eigenvalue weighted by Crippen LogP contribution is -2.23. The Morgan fingerprint density at radius 3 is 2.61 bits per heavy atom. The van der Waals surface area contributed by atoms with Crippen LogP contribution in [-0.2, 0) is 21.0 Å². The molecule has 0 saturated carbocycles. The quantitative estimate of drug-likeness (QED) is 0.284. The Kier molecular flexibility index (Phi) is 9.03. The Balaban J connectivity index is 1.94. The molecule has 0 amide bonds. The highest BCUT2D eigenvalue weighted by molar-refractivity contribution is 6.76. The zero-order chi connectivity index (χ0) is 23.1. The van der Waals surface area contributed by atoms with Gasteiger partial charge in [-0.1, -0.05) is 43.9 Å². The Hall–Kier alpha value is -1.96. The average molecular weight is 447 g/mol. The number of benzene rings is 1. The van der Waals surface area contributed by atoms with E-state index >= 15 is 0 Å². The van der Waals surface area contributed by atoms with E-state index in [9.17, 15) is 9.90 Å². The molecule has 7 heteroatoms. The number of rotatable bonds is 11. The Morgan fingerprint density at radius 1 is 1.23 bits per heavy atom. The van der Waals surface area contributed by atoms with Crippen molar-refractivity contribution in [3.05, 3.63) is 42.4 Å². The maximum Gasteiger partial charge on any atom is 0.306 e. The minimum absolute atomic E-state index is 0.235. The van der Waals surface area contributed by atoms with Crippen LogP contribution in [0.1, 0.15) is 51.7 Å². The summed E-state index contributed by atoms with van der Waals surface area (Å²) in [6.45, 7) is 13.8. The molecule has 1 heterocycles. The van der Waals surface area contributed by atoms with E-state index < -0.39 is 19.8 Å². The average Bonchev–Trinajstić information content (AvgIpc) is 3.12. The maximum atomic E-state index is 11.9. The number of ether oxygens (including phenoxy) is 2. The van der Waals surface area contributed by atoms with Crippen molar-refractivity contribution in [2.45, 2.75) is 84.2 Å². The first-order chi connectivity index (χ1) is 14.4. The summed E-state index contributed by atoms with van der Waals surface area (Å²) in [7, 11) is -1.10. The van der Waals surface area contributed by atoms with E-state index in [-0.39, 0.29) is 5.97 Å². The highest BCUT2D eigenvalue weighted by Crippen LogP contribution is 2.30. The molecule has 0 spiro atoms. The normalized spacial score (nSPS) is 13.3. The molecule has 1 unspecified atom stereocenters. The fourth-order valence-electron chi connectivity index (χ4n) is 3.13. The number of hydrogen-bond acceptors (Lipinski definition) is 5. The van der Waals surface area contributed by atoms with Crippen molar-refractivity contribution in [1.82, 2.24) is 9.55 Å². The molecule has 2 aromatic rings. The van der Waals surface area contributed by atoms with Crippen LogP contribution in [0.5, 0.6) is 0 Å². The highest BCUT2D eigenvalue weighted by atomic mass is 28.3. The summed E-state index contributed by atoms with van der Waals surface area (Å²) in [6, 6.07) is 8.86. The molecule has 0 radical (unpaired) electrons. The van der Waals surface area contributed by atoms with Gasteiger partial charge in [0.2, 0.25) is 0 Å². The third-order valence-electron chi connectivity index (χ3n) is 4.74. The Morgan fingerprint density at radius 2 is 1.94 bits per heavy atom. The van der Waals surface area contributed by atoms with Crippen molar-refractivity contribution in [3.63, 3.8) is 0 Å². The molecule has 1 N–H and O–H groups in total. The molecule has 0 aliphatic rings. The fourth-order valence-corrected chi connectivity index (χ4v) is 3.88. The van der Waals surface area contributed by atoms with Crippen molar-refractivity contribution in [1.29, 1.82) is 0 Å². The molecule has 0 saturated heterocycles. The van der Waals surface area contributed by atoms with Gasteiger partial charge in [-0.15, -0.1) is 0 Å². The topological polar surface area (TPSA) is 73.6 Å². The summed E-state index contributed by atoms with van der Waals surface area (Å²) in [5.41, 5.74) is 2.03. The van der Waals surface area contributed by atoms with E-state index in [1.54, 1.807) is 6.33 Å². The number of esters is 1. The zero-order valence-electron chi connectivity index (χ0n) is 19.9. The number of nitrogens with zero attached hydrogens (tertiary/aromatic N) is 2. The molecular formula is C24H38N2O4Si. The van der Waals surface area contributed by atoms with Crippen LogP contribution in [0.4, 0.5) is 0 Å². The van der Waals surface area contributed by atoms with Crippen LogP contribution in [0, 0.1) is 0 Å². The lowest BCUT2D eigenvalue weighted by molar-refractivity contribution is -0.155. The van der Waals surface area contributed by atoms with Crippen molar-refractivity contribution < 1.29 is 19.4 Å². The van der Waals surface area contributed by atoms with Crippen LogP contribution >= 0.6 is 0 Å². The molecule has 31 heavy (non-hydrogen) atoms. The minimum atomic E-state index is -1.10. The fraction of sp³-hybridized carbons (Fsp3) is 0.583. The first kappa shape index (κ1) is 25.3. The largest absolute Gasteiger partial charge is 0.460 e. The van der Waals surface area contributed by atoms with Gasteiger partial charge in [-0.2, -0.15) is 0 Å². The first-order valence-electron chi connectivity index (χ1n) is 11.0. The van der Waals surface area contributed by atoms with Gasteiger partial charge in [0.05, 0.1) is 18.1 Å². The van der Waals surface area contributed by atoms with Crippen LogP contribution in [0.3, 0.4) is 0 Å². The van der Waals surface area contributed by atoms with Gasteiger partial charge in [-0.05, 0) is 45.2 Å². The van der Waals surface area contributed by atoms with Gasteiger partial charge in [0, 0.05) is 32.9 Å². The predicted molar refractivity (Wildman–Crippen MR) is 126 cm³/mol. The number of aliphatic hydroxyl groups is 1. The molecule has 0 aliphatic heterocycles. The van der Waals surface area contributed by atoms with E-state index in [0.29, 0.717) is 26.0 Å². The highest BCUT2D eigenvalue weighted by Gasteiger charge is 2.18. The Bertz CT molecular complexity index is 837. The van der Waals surface area contributed by atoms with Crippen LogP contribution in [0.25, 0.3) is 11.3 Å². The van der Waals surface area contributed by atoms with Crippen molar-refractivity contribution >= 4 is 14.0 Å². The zero-order valence-corrected chi connectivity index (χ0v) is 20.9. The number of imidazole rings is 1. The lowest BCUT2D eigenvalue weighted by atomic mass is 9.97. The third-order valence-corrected chi connectivity index (χ3v) is 6.45. The molecule has 1 aromatic heterocycles. The lowest BCUT2D eigenvalue weighted by Gasteiger charge is -2.20. The van der Waals surface area contributed by atoms with Crippen LogP contribution < -0.4 is 0 Å². The smallest absolute Gasteiger partial charge is 0.306 e. The van der Waals surface area contributed by atoms with Gasteiger partial charge in [-0.25, -0.2) is 4.98 Å².